The first-order valence-corrected chi connectivity index (χ1v) is 12.0. The predicted molar refractivity (Wildman–Crippen MR) is 132 cm³/mol. The van der Waals surface area contributed by atoms with Crippen LogP contribution in [-0.4, -0.2) is 22.3 Å². The van der Waals surface area contributed by atoms with Crippen LogP contribution in [0.2, 0.25) is 0 Å². The Labute approximate surface area is 189 Å². The molecule has 0 saturated heterocycles. The Balaban J connectivity index is 1.26. The van der Waals surface area contributed by atoms with Crippen LogP contribution in [0.15, 0.2) is 96.2 Å². The first-order valence-electron chi connectivity index (χ1n) is 11.0. The zero-order chi connectivity index (χ0) is 21.1. The molecule has 4 aromatic rings. The summed E-state index contributed by atoms with van der Waals surface area (Å²) in [6, 6.07) is 31.5. The summed E-state index contributed by atoms with van der Waals surface area (Å²) < 4.78 is 0. The fourth-order valence-electron chi connectivity index (χ4n) is 3.56. The Morgan fingerprint density at radius 3 is 2.06 bits per heavy atom. The number of H-pyrrole nitrogens is 1. The number of hydrogen-bond donors (Lipinski definition) is 2. The van der Waals surface area contributed by atoms with Crippen LogP contribution in [0.1, 0.15) is 24.8 Å². The summed E-state index contributed by atoms with van der Waals surface area (Å²) in [7, 11) is 0. The minimum Gasteiger partial charge on any atom is -0.332 e. The van der Waals surface area contributed by atoms with E-state index in [-0.39, 0.29) is 0 Å². The van der Waals surface area contributed by atoms with Gasteiger partial charge >= 0.3 is 0 Å². The molecule has 4 rings (SSSR count). The van der Waals surface area contributed by atoms with Crippen molar-refractivity contribution in [3.8, 4) is 22.5 Å². The molecule has 1 heterocycles. The van der Waals surface area contributed by atoms with Crippen molar-refractivity contribution in [2.45, 2.75) is 31.0 Å². The second-order valence-corrected chi connectivity index (χ2v) is 8.65. The lowest BCUT2D eigenvalue weighted by Gasteiger charge is -2.04. The highest BCUT2D eigenvalue weighted by atomic mass is 32.2. The number of benzene rings is 3. The molecule has 0 unspecified atom stereocenters. The number of aromatic nitrogens is 2. The normalized spacial score (nSPS) is 11.0. The molecule has 0 fully saturated rings. The molecule has 31 heavy (non-hydrogen) atoms. The number of hydrogen-bond acceptors (Lipinski definition) is 3. The monoisotopic (exact) mass is 427 g/mol. The number of thioether (sulfide) groups is 1. The molecule has 4 heteroatoms. The van der Waals surface area contributed by atoms with Gasteiger partial charge in [0.1, 0.15) is 0 Å². The fraction of sp³-hybridized carbons (Fsp3) is 0.222. The number of rotatable bonds is 11. The minimum absolute atomic E-state index is 0.951. The predicted octanol–water partition coefficient (Wildman–Crippen LogP) is 6.80. The van der Waals surface area contributed by atoms with E-state index in [2.05, 4.69) is 89.2 Å². The highest BCUT2D eigenvalue weighted by Gasteiger charge is 2.14. The Kier molecular flexibility index (Phi) is 7.97. The zero-order valence-corrected chi connectivity index (χ0v) is 18.6. The van der Waals surface area contributed by atoms with Crippen LogP contribution < -0.4 is 5.32 Å². The number of imidazole rings is 1. The molecule has 3 aromatic carbocycles. The molecule has 2 N–H and O–H groups in total. The van der Waals surface area contributed by atoms with Crippen molar-refractivity contribution >= 4 is 11.8 Å². The molecule has 0 atom stereocenters. The average Bonchev–Trinajstić information content (AvgIpc) is 3.27. The van der Waals surface area contributed by atoms with Gasteiger partial charge in [-0.25, -0.2) is 4.98 Å². The van der Waals surface area contributed by atoms with Crippen molar-refractivity contribution in [3.05, 3.63) is 96.6 Å². The first kappa shape index (κ1) is 21.4. The summed E-state index contributed by atoms with van der Waals surface area (Å²) in [5.74, 6) is 1.08. The van der Waals surface area contributed by atoms with E-state index in [1.54, 1.807) is 0 Å². The molecule has 0 aliphatic rings. The van der Waals surface area contributed by atoms with Gasteiger partial charge in [0, 0.05) is 23.4 Å². The molecule has 0 aliphatic heterocycles. The average molecular weight is 428 g/mol. The first-order chi connectivity index (χ1) is 15.4. The van der Waals surface area contributed by atoms with Gasteiger partial charge in [0.25, 0.3) is 0 Å². The van der Waals surface area contributed by atoms with Crippen molar-refractivity contribution in [1.29, 1.82) is 0 Å². The van der Waals surface area contributed by atoms with Gasteiger partial charge in [-0.1, -0.05) is 109 Å². The van der Waals surface area contributed by atoms with Crippen LogP contribution in [0, 0.1) is 0 Å². The van der Waals surface area contributed by atoms with Crippen LogP contribution in [0.5, 0.6) is 0 Å². The summed E-state index contributed by atoms with van der Waals surface area (Å²) in [6.07, 6.45) is 3.63. The molecule has 0 saturated carbocycles. The molecular weight excluding hydrogens is 398 g/mol. The van der Waals surface area contributed by atoms with Gasteiger partial charge in [-0.3, -0.25) is 0 Å². The van der Waals surface area contributed by atoms with Crippen LogP contribution in [0.3, 0.4) is 0 Å². The van der Waals surface area contributed by atoms with E-state index in [4.69, 9.17) is 4.98 Å². The maximum Gasteiger partial charge on any atom is 0.166 e. The largest absolute Gasteiger partial charge is 0.332 e. The second kappa shape index (κ2) is 11.5. The topological polar surface area (TPSA) is 40.7 Å². The molecule has 0 amide bonds. The molecule has 0 aliphatic carbocycles. The van der Waals surface area contributed by atoms with E-state index >= 15 is 0 Å². The van der Waals surface area contributed by atoms with Crippen molar-refractivity contribution in [1.82, 2.24) is 15.3 Å². The Morgan fingerprint density at radius 2 is 1.35 bits per heavy atom. The van der Waals surface area contributed by atoms with Gasteiger partial charge in [0.15, 0.2) is 5.16 Å². The molecule has 3 nitrogen and oxygen atoms in total. The number of unbranched alkanes of at least 4 members (excludes halogenated alkanes) is 2. The molecule has 0 radical (unpaired) electrons. The Morgan fingerprint density at radius 1 is 0.710 bits per heavy atom. The van der Waals surface area contributed by atoms with E-state index in [1.165, 1.54) is 30.4 Å². The Bertz CT molecular complexity index is 973. The lowest BCUT2D eigenvalue weighted by atomic mass is 10.1. The quantitative estimate of drug-likeness (QED) is 0.204. The van der Waals surface area contributed by atoms with Crippen LogP contribution >= 0.6 is 11.8 Å². The summed E-state index contributed by atoms with van der Waals surface area (Å²) >= 11 is 1.82. The van der Waals surface area contributed by atoms with Crippen LogP contribution in [0.25, 0.3) is 22.5 Å². The van der Waals surface area contributed by atoms with Gasteiger partial charge in [-0.05, 0) is 24.9 Å². The minimum atomic E-state index is 0.951. The van der Waals surface area contributed by atoms with Crippen molar-refractivity contribution < 1.29 is 0 Å². The second-order valence-electron chi connectivity index (χ2n) is 7.57. The third-order valence-corrected chi connectivity index (χ3v) is 6.16. The lowest BCUT2D eigenvalue weighted by Crippen LogP contribution is -2.14. The zero-order valence-electron chi connectivity index (χ0n) is 17.8. The third-order valence-electron chi connectivity index (χ3n) is 5.20. The maximum atomic E-state index is 4.93. The number of aromatic amines is 1. The molecule has 158 valence electrons. The standard InChI is InChI=1S/C27H29N3S/c1-5-13-22(14-6-1)21-28-19-11-4-12-20-31-27-29-25(23-15-7-2-8-16-23)26(30-27)24-17-9-3-10-18-24/h1-3,5-10,13-18,28H,4,11-12,19-21H2,(H,29,30). The lowest BCUT2D eigenvalue weighted by molar-refractivity contribution is 0.618. The van der Waals surface area contributed by atoms with Gasteiger partial charge in [-0.15, -0.1) is 0 Å². The Hall–Kier alpha value is -2.82. The van der Waals surface area contributed by atoms with Crippen LogP contribution in [-0.2, 0) is 6.54 Å². The molecule has 0 bridgehead atoms. The third kappa shape index (κ3) is 6.33. The van der Waals surface area contributed by atoms with Gasteiger partial charge < -0.3 is 10.3 Å². The molecule has 1 aromatic heterocycles. The van der Waals surface area contributed by atoms with E-state index in [0.29, 0.717) is 0 Å². The van der Waals surface area contributed by atoms with Crippen molar-refractivity contribution in [3.63, 3.8) is 0 Å². The van der Waals surface area contributed by atoms with Gasteiger partial charge in [-0.2, -0.15) is 0 Å². The maximum absolute atomic E-state index is 4.93. The smallest absolute Gasteiger partial charge is 0.166 e. The van der Waals surface area contributed by atoms with E-state index in [9.17, 15) is 0 Å². The van der Waals surface area contributed by atoms with E-state index < -0.39 is 0 Å². The summed E-state index contributed by atoms with van der Waals surface area (Å²) in [6.45, 7) is 2.02. The highest BCUT2D eigenvalue weighted by Crippen LogP contribution is 2.32. The molecular formula is C27H29N3S. The van der Waals surface area contributed by atoms with E-state index in [1.807, 2.05) is 23.9 Å². The van der Waals surface area contributed by atoms with E-state index in [0.717, 1.165) is 41.0 Å². The van der Waals surface area contributed by atoms with Gasteiger partial charge in [0.05, 0.1) is 11.4 Å². The summed E-state index contributed by atoms with van der Waals surface area (Å²) in [5, 5.41) is 4.53. The fourth-order valence-corrected chi connectivity index (χ4v) is 4.44. The number of nitrogens with one attached hydrogen (secondary N) is 2. The van der Waals surface area contributed by atoms with Crippen LogP contribution in [0.4, 0.5) is 0 Å². The molecule has 0 spiro atoms. The van der Waals surface area contributed by atoms with Crippen molar-refractivity contribution in [2.75, 3.05) is 12.3 Å². The SMILES string of the molecule is c1ccc(CNCCCCCSc2nc(-c3ccccc3)c(-c3ccccc3)[nH]2)cc1. The van der Waals surface area contributed by atoms with Gasteiger partial charge in [0.2, 0.25) is 0 Å². The van der Waals surface area contributed by atoms with Crippen molar-refractivity contribution in [2.24, 2.45) is 0 Å². The number of nitrogens with zero attached hydrogens (tertiary/aromatic N) is 1. The highest BCUT2D eigenvalue weighted by molar-refractivity contribution is 7.99. The summed E-state index contributed by atoms with van der Waals surface area (Å²) in [4.78, 5) is 8.50. The summed E-state index contributed by atoms with van der Waals surface area (Å²) in [5.41, 5.74) is 5.79.